The predicted octanol–water partition coefficient (Wildman–Crippen LogP) is 4.03. The second-order valence-electron chi connectivity index (χ2n) is 6.52. The number of rotatable bonds is 6. The molecule has 0 atom stereocenters. The van der Waals surface area contributed by atoms with Gasteiger partial charge in [0.2, 0.25) is 11.8 Å². The van der Waals surface area contributed by atoms with Crippen LogP contribution >= 0.6 is 0 Å². The van der Waals surface area contributed by atoms with E-state index in [2.05, 4.69) is 27.4 Å². The molecule has 136 valence electrons. The SMILES string of the molecule is Cc1oc(-c2ccccc2)nc1CC(=O)NCCc1c[nH]c2ccccc12. The molecule has 0 unspecified atom stereocenters. The Kier molecular flexibility index (Phi) is 4.75. The minimum Gasteiger partial charge on any atom is -0.441 e. The Bertz CT molecular complexity index is 1060. The predicted molar refractivity (Wildman–Crippen MR) is 105 cm³/mol. The van der Waals surface area contributed by atoms with Crippen molar-refractivity contribution in [2.24, 2.45) is 0 Å². The molecule has 2 aromatic carbocycles. The Morgan fingerprint density at radius 2 is 1.89 bits per heavy atom. The number of aromatic amines is 1. The highest BCUT2D eigenvalue weighted by Gasteiger charge is 2.14. The molecule has 0 saturated carbocycles. The minimum absolute atomic E-state index is 0.0501. The fourth-order valence-electron chi connectivity index (χ4n) is 3.19. The van der Waals surface area contributed by atoms with E-state index in [1.165, 1.54) is 10.9 Å². The topological polar surface area (TPSA) is 70.9 Å². The van der Waals surface area contributed by atoms with Gasteiger partial charge in [-0.05, 0) is 37.1 Å². The Balaban J connectivity index is 1.35. The van der Waals surface area contributed by atoms with Crippen molar-refractivity contribution < 1.29 is 9.21 Å². The minimum atomic E-state index is -0.0501. The molecule has 0 aliphatic heterocycles. The van der Waals surface area contributed by atoms with E-state index in [4.69, 9.17) is 4.42 Å². The van der Waals surface area contributed by atoms with Crippen LogP contribution in [0, 0.1) is 6.92 Å². The number of amides is 1. The fourth-order valence-corrected chi connectivity index (χ4v) is 3.19. The molecule has 0 aliphatic carbocycles. The normalized spacial score (nSPS) is 11.0. The molecule has 0 bridgehead atoms. The molecule has 27 heavy (non-hydrogen) atoms. The van der Waals surface area contributed by atoms with Gasteiger partial charge in [-0.2, -0.15) is 0 Å². The number of hydrogen-bond donors (Lipinski definition) is 2. The van der Waals surface area contributed by atoms with E-state index in [1.54, 1.807) is 0 Å². The number of nitrogens with zero attached hydrogens (tertiary/aromatic N) is 1. The number of carbonyl (C=O) groups excluding carboxylic acids is 1. The maximum Gasteiger partial charge on any atom is 0.226 e. The lowest BCUT2D eigenvalue weighted by Crippen LogP contribution is -2.27. The molecule has 4 rings (SSSR count). The molecular formula is C22H21N3O2. The lowest BCUT2D eigenvalue weighted by Gasteiger charge is -2.04. The van der Waals surface area contributed by atoms with Crippen molar-refractivity contribution in [2.75, 3.05) is 6.54 Å². The summed E-state index contributed by atoms with van der Waals surface area (Å²) in [5.41, 5.74) is 3.91. The second-order valence-corrected chi connectivity index (χ2v) is 6.52. The number of fused-ring (bicyclic) bond motifs is 1. The van der Waals surface area contributed by atoms with Gasteiger partial charge in [-0.3, -0.25) is 4.79 Å². The smallest absolute Gasteiger partial charge is 0.226 e. The van der Waals surface area contributed by atoms with Gasteiger partial charge in [-0.1, -0.05) is 36.4 Å². The molecule has 0 aliphatic rings. The van der Waals surface area contributed by atoms with Crippen LogP contribution in [0.15, 0.2) is 65.2 Å². The van der Waals surface area contributed by atoms with E-state index in [0.717, 1.165) is 17.5 Å². The summed E-state index contributed by atoms with van der Waals surface area (Å²) < 4.78 is 5.72. The Morgan fingerprint density at radius 3 is 2.74 bits per heavy atom. The molecule has 0 saturated heterocycles. The van der Waals surface area contributed by atoms with E-state index >= 15 is 0 Å². The average Bonchev–Trinajstić information content (AvgIpc) is 3.27. The molecule has 2 aromatic heterocycles. The van der Waals surface area contributed by atoms with Crippen LogP contribution in [-0.4, -0.2) is 22.4 Å². The summed E-state index contributed by atoms with van der Waals surface area (Å²) in [6.45, 7) is 2.43. The number of hydrogen-bond acceptors (Lipinski definition) is 3. The summed E-state index contributed by atoms with van der Waals surface area (Å²) in [6.07, 6.45) is 3.00. The van der Waals surface area contributed by atoms with Crippen LogP contribution in [0.3, 0.4) is 0 Å². The zero-order valence-electron chi connectivity index (χ0n) is 15.2. The van der Waals surface area contributed by atoms with Crippen LogP contribution in [0.1, 0.15) is 17.0 Å². The molecule has 1 amide bonds. The molecule has 0 radical (unpaired) electrons. The highest BCUT2D eigenvalue weighted by molar-refractivity contribution is 5.83. The van der Waals surface area contributed by atoms with Gasteiger partial charge >= 0.3 is 0 Å². The van der Waals surface area contributed by atoms with Crippen molar-refractivity contribution in [2.45, 2.75) is 19.8 Å². The lowest BCUT2D eigenvalue weighted by atomic mass is 10.1. The highest BCUT2D eigenvalue weighted by Crippen LogP contribution is 2.21. The van der Waals surface area contributed by atoms with Gasteiger partial charge in [-0.25, -0.2) is 4.98 Å². The summed E-state index contributed by atoms with van der Waals surface area (Å²) in [6, 6.07) is 17.9. The van der Waals surface area contributed by atoms with Crippen LogP contribution in [0.5, 0.6) is 0 Å². The maximum atomic E-state index is 12.3. The third-order valence-corrected chi connectivity index (χ3v) is 4.63. The van der Waals surface area contributed by atoms with Crippen molar-refractivity contribution in [1.82, 2.24) is 15.3 Å². The van der Waals surface area contributed by atoms with E-state index in [0.29, 0.717) is 23.9 Å². The summed E-state index contributed by atoms with van der Waals surface area (Å²) in [5, 5.41) is 4.18. The van der Waals surface area contributed by atoms with Gasteiger partial charge in [0.1, 0.15) is 5.76 Å². The molecule has 2 heterocycles. The van der Waals surface area contributed by atoms with Crippen molar-refractivity contribution in [3.8, 4) is 11.5 Å². The first-order valence-electron chi connectivity index (χ1n) is 9.04. The molecule has 2 N–H and O–H groups in total. The first kappa shape index (κ1) is 17.1. The van der Waals surface area contributed by atoms with Gasteiger partial charge in [-0.15, -0.1) is 0 Å². The number of nitrogens with one attached hydrogen (secondary N) is 2. The van der Waals surface area contributed by atoms with Crippen LogP contribution in [0.25, 0.3) is 22.4 Å². The lowest BCUT2D eigenvalue weighted by molar-refractivity contribution is -0.120. The summed E-state index contributed by atoms with van der Waals surface area (Å²) in [4.78, 5) is 20.0. The fraction of sp³-hybridized carbons (Fsp3) is 0.182. The summed E-state index contributed by atoms with van der Waals surface area (Å²) in [7, 11) is 0. The number of carbonyl (C=O) groups is 1. The third kappa shape index (κ3) is 3.77. The van der Waals surface area contributed by atoms with E-state index in [9.17, 15) is 4.79 Å². The largest absolute Gasteiger partial charge is 0.441 e. The Morgan fingerprint density at radius 1 is 1.11 bits per heavy atom. The molecule has 5 heteroatoms. The van der Waals surface area contributed by atoms with Gasteiger partial charge in [0.25, 0.3) is 0 Å². The van der Waals surface area contributed by atoms with E-state index in [-0.39, 0.29) is 12.3 Å². The van der Waals surface area contributed by atoms with Crippen LogP contribution in [-0.2, 0) is 17.6 Å². The van der Waals surface area contributed by atoms with Crippen molar-refractivity contribution in [1.29, 1.82) is 0 Å². The standard InChI is InChI=1S/C22H21N3O2/c1-15-20(25-22(27-15)16-7-3-2-4-8-16)13-21(26)23-12-11-17-14-24-19-10-6-5-9-18(17)19/h2-10,14,24H,11-13H2,1H3,(H,23,26). The van der Waals surface area contributed by atoms with Crippen molar-refractivity contribution in [3.63, 3.8) is 0 Å². The average molecular weight is 359 g/mol. The van der Waals surface area contributed by atoms with Crippen LogP contribution in [0.2, 0.25) is 0 Å². The van der Waals surface area contributed by atoms with Crippen LogP contribution < -0.4 is 5.32 Å². The number of oxazole rings is 1. The van der Waals surface area contributed by atoms with Crippen LogP contribution in [0.4, 0.5) is 0 Å². The molecule has 5 nitrogen and oxygen atoms in total. The quantitative estimate of drug-likeness (QED) is 0.546. The number of aromatic nitrogens is 2. The molecule has 0 spiro atoms. The van der Waals surface area contributed by atoms with E-state index in [1.807, 2.05) is 55.6 Å². The van der Waals surface area contributed by atoms with E-state index < -0.39 is 0 Å². The molecular weight excluding hydrogens is 338 g/mol. The van der Waals surface area contributed by atoms with Crippen molar-refractivity contribution in [3.05, 3.63) is 77.8 Å². The number of aryl methyl sites for hydroxylation is 1. The van der Waals surface area contributed by atoms with Gasteiger partial charge in [0, 0.05) is 29.2 Å². The summed E-state index contributed by atoms with van der Waals surface area (Å²) >= 11 is 0. The maximum absolute atomic E-state index is 12.3. The molecule has 0 fully saturated rings. The van der Waals surface area contributed by atoms with Gasteiger partial charge < -0.3 is 14.7 Å². The summed E-state index contributed by atoms with van der Waals surface area (Å²) in [5.74, 6) is 1.18. The zero-order chi connectivity index (χ0) is 18.6. The second kappa shape index (κ2) is 7.50. The monoisotopic (exact) mass is 359 g/mol. The molecule has 4 aromatic rings. The Hall–Kier alpha value is -3.34. The van der Waals surface area contributed by atoms with Gasteiger partial charge in [0.05, 0.1) is 12.1 Å². The Labute approximate surface area is 157 Å². The zero-order valence-corrected chi connectivity index (χ0v) is 15.2. The number of benzene rings is 2. The van der Waals surface area contributed by atoms with Crippen molar-refractivity contribution >= 4 is 16.8 Å². The van der Waals surface area contributed by atoms with Gasteiger partial charge in [0.15, 0.2) is 0 Å². The number of H-pyrrole nitrogens is 1. The number of para-hydroxylation sites is 1. The first-order chi connectivity index (χ1) is 13.2. The first-order valence-corrected chi connectivity index (χ1v) is 9.04. The highest BCUT2D eigenvalue weighted by atomic mass is 16.4. The third-order valence-electron chi connectivity index (χ3n) is 4.63.